The lowest BCUT2D eigenvalue weighted by Gasteiger charge is -2.49. The number of morpholine rings is 2. The van der Waals surface area contributed by atoms with Gasteiger partial charge in [-0.1, -0.05) is 0 Å². The standard InChI is InChI=1S/C18H36N2O2/c1-13(2)20-15(4)11-22-17(16(20)5)10-14(3)19-8-9-21-12-18(19,6)7/h13-17H,8-12H2,1-7H3/t14?,15-,16+,17?/m1/s1. The Hall–Kier alpha value is -0.160. The first-order valence-corrected chi connectivity index (χ1v) is 8.97. The Morgan fingerprint density at radius 2 is 1.86 bits per heavy atom. The lowest BCUT2D eigenvalue weighted by atomic mass is 9.94. The highest BCUT2D eigenvalue weighted by Crippen LogP contribution is 2.28. The Balaban J connectivity index is 2.00. The second-order valence-corrected chi connectivity index (χ2v) is 8.15. The van der Waals surface area contributed by atoms with E-state index < -0.39 is 0 Å². The maximum Gasteiger partial charge on any atom is 0.0743 e. The molecule has 0 saturated carbocycles. The maximum atomic E-state index is 6.21. The summed E-state index contributed by atoms with van der Waals surface area (Å²) in [5, 5.41) is 0. The number of ether oxygens (including phenoxy) is 2. The normalized spacial score (nSPS) is 35.7. The van der Waals surface area contributed by atoms with E-state index in [9.17, 15) is 0 Å². The van der Waals surface area contributed by atoms with Crippen LogP contribution in [-0.4, -0.2) is 72.0 Å². The molecule has 4 nitrogen and oxygen atoms in total. The van der Waals surface area contributed by atoms with Gasteiger partial charge in [-0.3, -0.25) is 9.80 Å². The Bertz CT molecular complexity index is 359. The summed E-state index contributed by atoms with van der Waals surface area (Å²) in [6, 6.07) is 2.09. The van der Waals surface area contributed by atoms with E-state index in [0.717, 1.165) is 32.8 Å². The zero-order chi connectivity index (χ0) is 16.5. The van der Waals surface area contributed by atoms with Gasteiger partial charge in [0.15, 0.2) is 0 Å². The lowest BCUT2D eigenvalue weighted by molar-refractivity contribution is -0.125. The van der Waals surface area contributed by atoms with Crippen LogP contribution in [0.4, 0.5) is 0 Å². The molecule has 0 bridgehead atoms. The van der Waals surface area contributed by atoms with E-state index in [1.165, 1.54) is 0 Å². The average Bonchev–Trinajstić information content (AvgIpc) is 2.41. The predicted octanol–water partition coefficient (Wildman–Crippen LogP) is 2.76. The van der Waals surface area contributed by atoms with Gasteiger partial charge in [0.25, 0.3) is 0 Å². The van der Waals surface area contributed by atoms with Crippen molar-refractivity contribution in [2.24, 2.45) is 0 Å². The van der Waals surface area contributed by atoms with E-state index >= 15 is 0 Å². The Morgan fingerprint density at radius 1 is 1.18 bits per heavy atom. The highest BCUT2D eigenvalue weighted by Gasteiger charge is 2.39. The second kappa shape index (κ2) is 7.16. The summed E-state index contributed by atoms with van der Waals surface area (Å²) in [4.78, 5) is 5.22. The topological polar surface area (TPSA) is 24.9 Å². The molecular formula is C18H36N2O2. The molecule has 4 heteroatoms. The van der Waals surface area contributed by atoms with Crippen molar-refractivity contribution in [1.82, 2.24) is 9.80 Å². The summed E-state index contributed by atoms with van der Waals surface area (Å²) in [6.45, 7) is 19.7. The molecular weight excluding hydrogens is 276 g/mol. The van der Waals surface area contributed by atoms with Gasteiger partial charge in [0.05, 0.1) is 25.9 Å². The van der Waals surface area contributed by atoms with Gasteiger partial charge in [-0.2, -0.15) is 0 Å². The van der Waals surface area contributed by atoms with Crippen molar-refractivity contribution >= 4 is 0 Å². The van der Waals surface area contributed by atoms with Crippen molar-refractivity contribution in [1.29, 1.82) is 0 Å². The first kappa shape index (κ1) is 18.2. The fourth-order valence-corrected chi connectivity index (χ4v) is 4.48. The van der Waals surface area contributed by atoms with Crippen molar-refractivity contribution in [3.05, 3.63) is 0 Å². The minimum Gasteiger partial charge on any atom is -0.378 e. The molecule has 4 atom stereocenters. The zero-order valence-corrected chi connectivity index (χ0v) is 15.6. The van der Waals surface area contributed by atoms with Gasteiger partial charge in [-0.25, -0.2) is 0 Å². The number of rotatable bonds is 4. The van der Waals surface area contributed by atoms with E-state index in [1.54, 1.807) is 0 Å². The van der Waals surface area contributed by atoms with Gasteiger partial charge in [-0.15, -0.1) is 0 Å². The molecule has 2 saturated heterocycles. The third kappa shape index (κ3) is 3.84. The largest absolute Gasteiger partial charge is 0.378 e. The number of hydrogen-bond acceptors (Lipinski definition) is 4. The first-order chi connectivity index (χ1) is 10.2. The third-order valence-electron chi connectivity index (χ3n) is 5.48. The van der Waals surface area contributed by atoms with Crippen molar-refractivity contribution in [2.75, 3.05) is 26.4 Å². The molecule has 0 N–H and O–H groups in total. The van der Waals surface area contributed by atoms with E-state index in [1.807, 2.05) is 0 Å². The van der Waals surface area contributed by atoms with Crippen LogP contribution in [0.1, 0.15) is 54.9 Å². The number of nitrogens with zero attached hydrogens (tertiary/aromatic N) is 2. The predicted molar refractivity (Wildman–Crippen MR) is 91.3 cm³/mol. The van der Waals surface area contributed by atoms with Crippen LogP contribution in [0, 0.1) is 0 Å². The molecule has 0 radical (unpaired) electrons. The molecule has 2 rings (SSSR count). The molecule has 2 heterocycles. The van der Waals surface area contributed by atoms with Crippen LogP contribution in [0.5, 0.6) is 0 Å². The van der Waals surface area contributed by atoms with Crippen LogP contribution in [-0.2, 0) is 9.47 Å². The summed E-state index contributed by atoms with van der Waals surface area (Å²) in [6.07, 6.45) is 1.42. The SMILES string of the molecule is CC(C)N1[C@H](C)COC(CC(C)N2CCOCC2(C)C)[C@@H]1C. The van der Waals surface area contributed by atoms with E-state index in [-0.39, 0.29) is 5.54 Å². The van der Waals surface area contributed by atoms with Gasteiger partial charge in [0.1, 0.15) is 0 Å². The fourth-order valence-electron chi connectivity index (χ4n) is 4.48. The van der Waals surface area contributed by atoms with Crippen LogP contribution in [0.3, 0.4) is 0 Å². The lowest BCUT2D eigenvalue weighted by Crippen LogP contribution is -2.60. The molecule has 0 aromatic carbocycles. The second-order valence-electron chi connectivity index (χ2n) is 8.15. The molecule has 2 unspecified atom stereocenters. The minimum absolute atomic E-state index is 0.126. The summed E-state index contributed by atoms with van der Waals surface area (Å²) >= 11 is 0. The number of hydrogen-bond donors (Lipinski definition) is 0. The fraction of sp³-hybridized carbons (Fsp3) is 1.00. The van der Waals surface area contributed by atoms with Gasteiger partial charge >= 0.3 is 0 Å². The summed E-state index contributed by atoms with van der Waals surface area (Å²) < 4.78 is 11.9. The van der Waals surface area contributed by atoms with Gasteiger partial charge in [0.2, 0.25) is 0 Å². The van der Waals surface area contributed by atoms with Crippen LogP contribution in [0.15, 0.2) is 0 Å². The molecule has 22 heavy (non-hydrogen) atoms. The highest BCUT2D eigenvalue weighted by atomic mass is 16.5. The zero-order valence-electron chi connectivity index (χ0n) is 15.6. The van der Waals surface area contributed by atoms with Gasteiger partial charge < -0.3 is 9.47 Å². The summed E-state index contributed by atoms with van der Waals surface area (Å²) in [7, 11) is 0. The Kier molecular flexibility index (Phi) is 5.92. The highest BCUT2D eigenvalue weighted by molar-refractivity contribution is 4.92. The molecule has 2 aliphatic rings. The molecule has 130 valence electrons. The summed E-state index contributed by atoms with van der Waals surface area (Å²) in [5.74, 6) is 0. The van der Waals surface area contributed by atoms with Crippen LogP contribution >= 0.6 is 0 Å². The van der Waals surface area contributed by atoms with Crippen LogP contribution < -0.4 is 0 Å². The third-order valence-corrected chi connectivity index (χ3v) is 5.48. The molecule has 2 aliphatic heterocycles. The quantitative estimate of drug-likeness (QED) is 0.797. The minimum atomic E-state index is 0.126. The van der Waals surface area contributed by atoms with Gasteiger partial charge in [0, 0.05) is 36.3 Å². The smallest absolute Gasteiger partial charge is 0.0743 e. The van der Waals surface area contributed by atoms with Gasteiger partial charge in [-0.05, 0) is 54.9 Å². The molecule has 0 aromatic heterocycles. The molecule has 2 fully saturated rings. The molecule has 0 aromatic rings. The van der Waals surface area contributed by atoms with E-state index in [4.69, 9.17) is 9.47 Å². The van der Waals surface area contributed by atoms with Crippen LogP contribution in [0.2, 0.25) is 0 Å². The first-order valence-electron chi connectivity index (χ1n) is 8.97. The maximum absolute atomic E-state index is 6.21. The Morgan fingerprint density at radius 3 is 2.45 bits per heavy atom. The van der Waals surface area contributed by atoms with E-state index in [0.29, 0.717) is 30.3 Å². The molecule has 0 aliphatic carbocycles. The van der Waals surface area contributed by atoms with Crippen molar-refractivity contribution < 1.29 is 9.47 Å². The van der Waals surface area contributed by atoms with Crippen LogP contribution in [0.25, 0.3) is 0 Å². The molecule has 0 amide bonds. The Labute approximate surface area is 137 Å². The van der Waals surface area contributed by atoms with Crippen molar-refractivity contribution in [3.8, 4) is 0 Å². The average molecular weight is 312 g/mol. The summed E-state index contributed by atoms with van der Waals surface area (Å²) in [5.41, 5.74) is 0.126. The van der Waals surface area contributed by atoms with E-state index in [2.05, 4.69) is 58.3 Å². The van der Waals surface area contributed by atoms with Crippen molar-refractivity contribution in [2.45, 2.75) is 90.7 Å². The monoisotopic (exact) mass is 312 g/mol. The molecule has 0 spiro atoms. The van der Waals surface area contributed by atoms with Crippen molar-refractivity contribution in [3.63, 3.8) is 0 Å².